The first-order chi connectivity index (χ1) is 11.1. The Morgan fingerprint density at radius 3 is 2.70 bits per heavy atom. The molecule has 0 aliphatic heterocycles. The van der Waals surface area contributed by atoms with Crippen LogP contribution in [0.4, 0.5) is 4.39 Å². The summed E-state index contributed by atoms with van der Waals surface area (Å²) in [5.74, 6) is -0.661. The number of carbonyl (C=O) groups excluding carboxylic acids is 1. The van der Waals surface area contributed by atoms with Crippen LogP contribution in [0, 0.1) is 5.82 Å². The van der Waals surface area contributed by atoms with Crippen LogP contribution < -0.4 is 5.32 Å². The molecular weight excluding hydrogens is 321 g/mol. The van der Waals surface area contributed by atoms with Crippen LogP contribution >= 0.6 is 11.6 Å². The molecule has 0 atom stereocenters. The normalized spacial score (nSPS) is 10.5. The zero-order valence-electron chi connectivity index (χ0n) is 11.8. The van der Waals surface area contributed by atoms with E-state index in [9.17, 15) is 9.18 Å². The minimum absolute atomic E-state index is 0.268. The van der Waals surface area contributed by atoms with Crippen molar-refractivity contribution in [3.63, 3.8) is 0 Å². The van der Waals surface area contributed by atoms with Crippen LogP contribution in [0.15, 0.2) is 48.8 Å². The van der Waals surface area contributed by atoms with E-state index >= 15 is 0 Å². The number of aromatic nitrogens is 4. The molecule has 8 heteroatoms. The molecule has 0 saturated heterocycles. The number of hydrogen-bond donors (Lipinski definition) is 1. The molecule has 1 aromatic heterocycles. The van der Waals surface area contributed by atoms with Crippen molar-refractivity contribution >= 4 is 17.5 Å². The number of nitrogens with zero attached hydrogens (tertiary/aromatic N) is 4. The number of rotatable bonds is 4. The first-order valence-electron chi connectivity index (χ1n) is 6.69. The zero-order chi connectivity index (χ0) is 16.2. The minimum atomic E-state index is -0.339. The first-order valence-corrected chi connectivity index (χ1v) is 7.07. The summed E-state index contributed by atoms with van der Waals surface area (Å²) in [6.45, 7) is 0.268. The highest BCUT2D eigenvalue weighted by Gasteiger charge is 2.12. The van der Waals surface area contributed by atoms with Gasteiger partial charge in [0.05, 0.1) is 16.3 Å². The lowest BCUT2D eigenvalue weighted by molar-refractivity contribution is 0.0951. The molecule has 0 saturated carbocycles. The number of amides is 1. The van der Waals surface area contributed by atoms with Crippen molar-refractivity contribution in [3.8, 4) is 5.69 Å². The smallest absolute Gasteiger partial charge is 0.253 e. The highest BCUT2D eigenvalue weighted by Crippen LogP contribution is 2.19. The van der Waals surface area contributed by atoms with Gasteiger partial charge >= 0.3 is 0 Å². The Hall–Kier alpha value is -2.80. The lowest BCUT2D eigenvalue weighted by Gasteiger charge is -2.09. The maximum Gasteiger partial charge on any atom is 0.253 e. The quantitative estimate of drug-likeness (QED) is 0.796. The molecule has 1 N–H and O–H groups in total. The van der Waals surface area contributed by atoms with Crippen LogP contribution in [0.2, 0.25) is 5.02 Å². The van der Waals surface area contributed by atoms with Crippen molar-refractivity contribution in [3.05, 3.63) is 70.8 Å². The Kier molecular flexibility index (Phi) is 4.29. The van der Waals surface area contributed by atoms with E-state index in [0.29, 0.717) is 16.3 Å². The van der Waals surface area contributed by atoms with Gasteiger partial charge in [-0.05, 0) is 46.3 Å². The number of benzene rings is 2. The predicted octanol–water partition coefficient (Wildman–Crippen LogP) is 2.38. The van der Waals surface area contributed by atoms with E-state index in [0.717, 1.165) is 5.56 Å². The van der Waals surface area contributed by atoms with E-state index in [1.807, 2.05) is 0 Å². The summed E-state index contributed by atoms with van der Waals surface area (Å²) in [6.07, 6.45) is 1.42. The van der Waals surface area contributed by atoms with Gasteiger partial charge in [-0.1, -0.05) is 23.7 Å². The summed E-state index contributed by atoms with van der Waals surface area (Å²) < 4.78 is 14.3. The third-order valence-electron chi connectivity index (χ3n) is 3.17. The summed E-state index contributed by atoms with van der Waals surface area (Å²) in [4.78, 5) is 12.3. The molecule has 0 unspecified atom stereocenters. The largest absolute Gasteiger partial charge is 0.348 e. The molecule has 1 heterocycles. The van der Waals surface area contributed by atoms with Crippen molar-refractivity contribution in [2.75, 3.05) is 0 Å². The van der Waals surface area contributed by atoms with E-state index in [2.05, 4.69) is 20.8 Å². The van der Waals surface area contributed by atoms with Gasteiger partial charge < -0.3 is 5.32 Å². The highest BCUT2D eigenvalue weighted by molar-refractivity contribution is 6.33. The second-order valence-electron chi connectivity index (χ2n) is 4.73. The fraction of sp³-hybridized carbons (Fsp3) is 0.0667. The van der Waals surface area contributed by atoms with Crippen molar-refractivity contribution in [1.82, 2.24) is 25.5 Å². The monoisotopic (exact) mass is 331 g/mol. The van der Waals surface area contributed by atoms with Gasteiger partial charge in [0.2, 0.25) is 0 Å². The van der Waals surface area contributed by atoms with Gasteiger partial charge in [-0.2, -0.15) is 0 Å². The second-order valence-corrected chi connectivity index (χ2v) is 5.13. The Morgan fingerprint density at radius 2 is 2.00 bits per heavy atom. The summed E-state index contributed by atoms with van der Waals surface area (Å²) in [5, 5.41) is 13.9. The van der Waals surface area contributed by atoms with E-state index in [-0.39, 0.29) is 18.3 Å². The molecule has 1 amide bonds. The summed E-state index contributed by atoms with van der Waals surface area (Å²) >= 11 is 6.08. The Morgan fingerprint density at radius 1 is 1.22 bits per heavy atom. The van der Waals surface area contributed by atoms with E-state index < -0.39 is 0 Å². The standard InChI is InChI=1S/C15H11ClFN5O/c16-14-6-5-12(22-9-19-20-21-22)7-13(14)15(23)18-8-10-1-3-11(17)4-2-10/h1-7,9H,8H2,(H,18,23). The van der Waals surface area contributed by atoms with Gasteiger partial charge in [-0.25, -0.2) is 9.07 Å². The Bertz CT molecular complexity index is 820. The molecule has 0 spiro atoms. The van der Waals surface area contributed by atoms with Crippen molar-refractivity contribution in [2.45, 2.75) is 6.54 Å². The number of tetrazole rings is 1. The molecule has 116 valence electrons. The number of halogens is 2. The van der Waals surface area contributed by atoms with E-state index in [1.165, 1.54) is 23.1 Å². The molecule has 0 radical (unpaired) electrons. The van der Waals surface area contributed by atoms with Gasteiger partial charge in [0, 0.05) is 6.54 Å². The summed E-state index contributed by atoms with van der Waals surface area (Å²) in [5.41, 5.74) is 1.71. The molecule has 6 nitrogen and oxygen atoms in total. The molecule has 0 aliphatic carbocycles. The van der Waals surface area contributed by atoms with Crippen LogP contribution in [-0.2, 0) is 6.54 Å². The highest BCUT2D eigenvalue weighted by atomic mass is 35.5. The average molecular weight is 332 g/mol. The summed E-state index contributed by atoms with van der Waals surface area (Å²) in [7, 11) is 0. The molecule has 0 bridgehead atoms. The van der Waals surface area contributed by atoms with E-state index in [4.69, 9.17) is 11.6 Å². The molecule has 3 aromatic rings. The maximum absolute atomic E-state index is 12.9. The second kappa shape index (κ2) is 6.53. The topological polar surface area (TPSA) is 72.7 Å². The number of hydrogen-bond acceptors (Lipinski definition) is 4. The molecular formula is C15H11ClFN5O. The lowest BCUT2D eigenvalue weighted by Crippen LogP contribution is -2.23. The fourth-order valence-corrected chi connectivity index (χ4v) is 2.19. The van der Waals surface area contributed by atoms with Gasteiger partial charge in [-0.15, -0.1) is 5.10 Å². The fourth-order valence-electron chi connectivity index (χ4n) is 1.99. The Labute approximate surface area is 135 Å². The SMILES string of the molecule is O=C(NCc1ccc(F)cc1)c1cc(-n2cnnn2)ccc1Cl. The van der Waals surface area contributed by atoms with Gasteiger partial charge in [0.1, 0.15) is 12.1 Å². The van der Waals surface area contributed by atoms with Crippen LogP contribution in [0.1, 0.15) is 15.9 Å². The van der Waals surface area contributed by atoms with E-state index in [1.54, 1.807) is 30.3 Å². The molecule has 0 aliphatic rings. The van der Waals surface area contributed by atoms with Crippen molar-refractivity contribution in [2.24, 2.45) is 0 Å². The third-order valence-corrected chi connectivity index (χ3v) is 3.50. The first kappa shape index (κ1) is 15.1. The van der Waals surface area contributed by atoms with Crippen molar-refractivity contribution in [1.29, 1.82) is 0 Å². The lowest BCUT2D eigenvalue weighted by atomic mass is 10.1. The van der Waals surface area contributed by atoms with Crippen LogP contribution in [0.25, 0.3) is 5.69 Å². The Balaban J connectivity index is 1.76. The maximum atomic E-state index is 12.9. The van der Waals surface area contributed by atoms with Crippen LogP contribution in [0.3, 0.4) is 0 Å². The predicted molar refractivity (Wildman–Crippen MR) is 81.7 cm³/mol. The molecule has 23 heavy (non-hydrogen) atoms. The van der Waals surface area contributed by atoms with Crippen LogP contribution in [0.5, 0.6) is 0 Å². The van der Waals surface area contributed by atoms with Gasteiger partial charge in [-0.3, -0.25) is 4.79 Å². The summed E-state index contributed by atoms with van der Waals surface area (Å²) in [6, 6.07) is 10.8. The molecule has 2 aromatic carbocycles. The van der Waals surface area contributed by atoms with Crippen molar-refractivity contribution < 1.29 is 9.18 Å². The number of nitrogens with one attached hydrogen (secondary N) is 1. The number of carbonyl (C=O) groups is 1. The molecule has 0 fully saturated rings. The zero-order valence-corrected chi connectivity index (χ0v) is 12.5. The van der Waals surface area contributed by atoms with Crippen LogP contribution in [-0.4, -0.2) is 26.1 Å². The van der Waals surface area contributed by atoms with Gasteiger partial charge in [0.15, 0.2) is 0 Å². The van der Waals surface area contributed by atoms with Gasteiger partial charge in [0.25, 0.3) is 5.91 Å². The molecule has 3 rings (SSSR count). The third kappa shape index (κ3) is 3.51. The average Bonchev–Trinajstić information content (AvgIpc) is 3.09. The minimum Gasteiger partial charge on any atom is -0.348 e.